The van der Waals surface area contributed by atoms with Gasteiger partial charge in [0.05, 0.1) is 32.0 Å². The molecule has 1 aliphatic rings. The van der Waals surface area contributed by atoms with E-state index in [9.17, 15) is 4.79 Å². The molecule has 4 aromatic rings. The summed E-state index contributed by atoms with van der Waals surface area (Å²) in [6.45, 7) is 7.30. The van der Waals surface area contributed by atoms with Crippen molar-refractivity contribution in [2.45, 2.75) is 38.8 Å². The molecule has 0 fully saturated rings. The van der Waals surface area contributed by atoms with Crippen LogP contribution in [0.4, 0.5) is 5.69 Å². The average Bonchev–Trinajstić information content (AvgIpc) is 3.60. The molecule has 0 aliphatic carbocycles. The van der Waals surface area contributed by atoms with E-state index in [0.717, 1.165) is 39.5 Å². The molecule has 0 bridgehead atoms. The van der Waals surface area contributed by atoms with Crippen LogP contribution in [0.25, 0.3) is 11.3 Å². The zero-order valence-electron chi connectivity index (χ0n) is 21.2. The lowest BCUT2D eigenvalue weighted by Crippen LogP contribution is -2.31. The zero-order valence-corrected chi connectivity index (χ0v) is 21.2. The van der Waals surface area contributed by atoms with Gasteiger partial charge in [-0.05, 0) is 18.2 Å². The first-order valence-electron chi connectivity index (χ1n) is 11.9. The Kier molecular flexibility index (Phi) is 6.14. The maximum Gasteiger partial charge on any atom is 0.277 e. The molecule has 3 heterocycles. The van der Waals surface area contributed by atoms with Crippen LogP contribution in [-0.2, 0) is 16.7 Å². The number of hydrogen-bond acceptors (Lipinski definition) is 6. The predicted octanol–water partition coefficient (Wildman–Crippen LogP) is 5.24. The van der Waals surface area contributed by atoms with E-state index in [0.29, 0.717) is 18.8 Å². The summed E-state index contributed by atoms with van der Waals surface area (Å²) < 4.78 is 17.9. The summed E-state index contributed by atoms with van der Waals surface area (Å²) in [7, 11) is 3.30. The first-order valence-corrected chi connectivity index (χ1v) is 11.9. The third kappa shape index (κ3) is 3.97. The number of ether oxygens (including phenoxy) is 2. The van der Waals surface area contributed by atoms with Gasteiger partial charge in [0.1, 0.15) is 23.4 Å². The number of nitrogens with zero attached hydrogens (tertiary/aromatic N) is 4. The number of amides is 1. The van der Waals surface area contributed by atoms with Gasteiger partial charge in [0.2, 0.25) is 0 Å². The first kappa shape index (κ1) is 23.8. The molecule has 0 saturated carbocycles. The van der Waals surface area contributed by atoms with Crippen LogP contribution in [0.2, 0.25) is 0 Å². The number of hydrogen-bond donors (Lipinski definition) is 0. The Balaban J connectivity index is 1.71. The van der Waals surface area contributed by atoms with Crippen molar-refractivity contribution in [3.63, 3.8) is 0 Å². The number of anilines is 1. The van der Waals surface area contributed by atoms with Crippen LogP contribution in [-0.4, -0.2) is 41.7 Å². The maximum absolute atomic E-state index is 14.2. The molecule has 1 aliphatic heterocycles. The van der Waals surface area contributed by atoms with Gasteiger partial charge in [-0.1, -0.05) is 56.3 Å². The number of fused-ring (bicyclic) bond motifs is 1. The van der Waals surface area contributed by atoms with Crippen LogP contribution in [0.3, 0.4) is 0 Å². The Hall–Kier alpha value is -3.91. The largest absolute Gasteiger partial charge is 0.496 e. The Bertz CT molecular complexity index is 1370. The molecule has 8 nitrogen and oxygen atoms in total. The summed E-state index contributed by atoms with van der Waals surface area (Å²) in [5.41, 5.74) is 5.44. The van der Waals surface area contributed by atoms with Crippen molar-refractivity contribution in [2.24, 2.45) is 0 Å². The molecule has 1 atom stereocenters. The second-order valence-corrected chi connectivity index (χ2v) is 9.83. The Labute approximate surface area is 210 Å². The van der Waals surface area contributed by atoms with Crippen LogP contribution in [0.15, 0.2) is 65.4 Å². The van der Waals surface area contributed by atoms with Gasteiger partial charge in [-0.3, -0.25) is 14.4 Å². The van der Waals surface area contributed by atoms with E-state index in [1.165, 1.54) is 0 Å². The molecule has 36 heavy (non-hydrogen) atoms. The van der Waals surface area contributed by atoms with Gasteiger partial charge in [0.25, 0.3) is 5.91 Å². The normalized spacial score (nSPS) is 15.4. The van der Waals surface area contributed by atoms with E-state index in [2.05, 4.69) is 25.9 Å². The fourth-order valence-corrected chi connectivity index (χ4v) is 4.82. The van der Waals surface area contributed by atoms with Gasteiger partial charge >= 0.3 is 0 Å². The molecular formula is C28H30N4O4. The zero-order chi connectivity index (χ0) is 25.4. The molecule has 0 N–H and O–H groups in total. The number of benzene rings is 2. The molecule has 2 aromatic heterocycles. The lowest BCUT2D eigenvalue weighted by atomic mass is 9.85. The number of carbonyl (C=O) groups excluding carboxylic acids is 1. The molecule has 1 unspecified atom stereocenters. The lowest BCUT2D eigenvalue weighted by Gasteiger charge is -2.29. The van der Waals surface area contributed by atoms with Gasteiger partial charge in [-0.2, -0.15) is 5.10 Å². The van der Waals surface area contributed by atoms with Gasteiger partial charge in [0.15, 0.2) is 0 Å². The Morgan fingerprint density at radius 1 is 1.03 bits per heavy atom. The highest BCUT2D eigenvalue weighted by Gasteiger charge is 2.47. The molecule has 1 amide bonds. The first-order chi connectivity index (χ1) is 17.3. The highest BCUT2D eigenvalue weighted by Crippen LogP contribution is 2.48. The van der Waals surface area contributed by atoms with E-state index in [4.69, 9.17) is 19.1 Å². The second-order valence-electron chi connectivity index (χ2n) is 9.83. The number of carbonyl (C=O) groups is 1. The predicted molar refractivity (Wildman–Crippen MR) is 136 cm³/mol. The molecular weight excluding hydrogens is 456 g/mol. The standard InChI is InChI=1S/C28H30N4O4/c1-28(2,3)26-23-24(20-8-6-7-9-22(20)35-5)32(27(33)25(23)31(29-26)15-17-34-4)19-12-10-18(11-13-19)21-14-16-36-30-21/h6-14,16,24H,15,17H2,1-5H3. The quantitative estimate of drug-likeness (QED) is 0.355. The smallest absolute Gasteiger partial charge is 0.277 e. The minimum atomic E-state index is -0.396. The number of rotatable bonds is 7. The fourth-order valence-electron chi connectivity index (χ4n) is 4.82. The summed E-state index contributed by atoms with van der Waals surface area (Å²) in [4.78, 5) is 16.0. The van der Waals surface area contributed by atoms with Crippen LogP contribution < -0.4 is 9.64 Å². The molecule has 186 valence electrons. The fraction of sp³-hybridized carbons (Fsp3) is 0.321. The Morgan fingerprint density at radius 3 is 2.42 bits per heavy atom. The molecule has 0 spiro atoms. The van der Waals surface area contributed by atoms with Crippen molar-refractivity contribution in [2.75, 3.05) is 25.7 Å². The molecule has 8 heteroatoms. The van der Waals surface area contributed by atoms with Crippen LogP contribution in [0, 0.1) is 0 Å². The van der Waals surface area contributed by atoms with E-state index in [1.54, 1.807) is 25.2 Å². The number of aromatic nitrogens is 3. The minimum Gasteiger partial charge on any atom is -0.496 e. The summed E-state index contributed by atoms with van der Waals surface area (Å²) in [5, 5.41) is 8.95. The van der Waals surface area contributed by atoms with Crippen LogP contribution in [0.1, 0.15) is 54.1 Å². The Morgan fingerprint density at radius 2 is 1.78 bits per heavy atom. The summed E-state index contributed by atoms with van der Waals surface area (Å²) in [5.74, 6) is 0.617. The SMILES string of the molecule is COCCn1nc(C(C)(C)C)c2c1C(=O)N(c1ccc(-c3ccon3)cc1)C2c1ccccc1OC. The minimum absolute atomic E-state index is 0.103. The van der Waals surface area contributed by atoms with E-state index in [-0.39, 0.29) is 11.3 Å². The maximum atomic E-state index is 14.2. The van der Waals surface area contributed by atoms with E-state index in [1.807, 2.05) is 59.5 Å². The molecule has 5 rings (SSSR count). The average molecular weight is 487 g/mol. The lowest BCUT2D eigenvalue weighted by molar-refractivity contribution is 0.0980. The summed E-state index contributed by atoms with van der Waals surface area (Å²) in [6, 6.07) is 17.0. The molecule has 2 aromatic carbocycles. The van der Waals surface area contributed by atoms with Crippen molar-refractivity contribution >= 4 is 11.6 Å². The van der Waals surface area contributed by atoms with E-state index < -0.39 is 6.04 Å². The number of methoxy groups -OCH3 is 2. The second kappa shape index (κ2) is 9.28. The highest BCUT2D eigenvalue weighted by molar-refractivity contribution is 6.11. The van der Waals surface area contributed by atoms with Crippen molar-refractivity contribution in [1.29, 1.82) is 0 Å². The van der Waals surface area contributed by atoms with Crippen LogP contribution >= 0.6 is 0 Å². The van der Waals surface area contributed by atoms with Crippen molar-refractivity contribution < 1.29 is 18.8 Å². The van der Waals surface area contributed by atoms with Gasteiger partial charge in [-0.25, -0.2) is 0 Å². The van der Waals surface area contributed by atoms with Gasteiger partial charge in [0, 0.05) is 41.0 Å². The van der Waals surface area contributed by atoms with Crippen LogP contribution in [0.5, 0.6) is 5.75 Å². The van der Waals surface area contributed by atoms with Crippen molar-refractivity contribution in [3.8, 4) is 17.0 Å². The molecule has 0 radical (unpaired) electrons. The third-order valence-corrected chi connectivity index (χ3v) is 6.47. The van der Waals surface area contributed by atoms with Crippen molar-refractivity contribution in [3.05, 3.63) is 83.4 Å². The topological polar surface area (TPSA) is 82.6 Å². The highest BCUT2D eigenvalue weighted by atomic mass is 16.5. The van der Waals surface area contributed by atoms with Gasteiger partial charge < -0.3 is 14.0 Å². The molecule has 0 saturated heterocycles. The summed E-state index contributed by atoms with van der Waals surface area (Å²) >= 11 is 0. The summed E-state index contributed by atoms with van der Waals surface area (Å²) in [6.07, 6.45) is 1.54. The van der Waals surface area contributed by atoms with Crippen molar-refractivity contribution in [1.82, 2.24) is 14.9 Å². The van der Waals surface area contributed by atoms with Gasteiger partial charge in [-0.15, -0.1) is 0 Å². The van der Waals surface area contributed by atoms with E-state index >= 15 is 0 Å². The monoisotopic (exact) mass is 486 g/mol. The number of para-hydroxylation sites is 1. The third-order valence-electron chi connectivity index (χ3n) is 6.47.